The maximum absolute atomic E-state index is 11.8. The van der Waals surface area contributed by atoms with Crippen molar-refractivity contribution in [1.82, 2.24) is 0 Å². The highest BCUT2D eigenvalue weighted by Crippen LogP contribution is 2.36. The first-order valence-electron chi connectivity index (χ1n) is 6.40. The molecular weight excluding hydrogens is 220 g/mol. The second-order valence-electron chi connectivity index (χ2n) is 5.49. The molecule has 4 atom stereocenters. The minimum Gasteiger partial charge on any atom is -0.458 e. The number of hydrogen-bond donors (Lipinski definition) is 0. The van der Waals surface area contributed by atoms with Crippen molar-refractivity contribution in [2.24, 2.45) is 17.8 Å². The third kappa shape index (κ3) is 2.45. The lowest BCUT2D eigenvalue weighted by molar-refractivity contribution is -0.165. The quantitative estimate of drug-likeness (QED) is 0.707. The molecular formula is C13H20O4. The molecule has 2 rings (SSSR count). The molecule has 1 heterocycles. The molecule has 2 fully saturated rings. The Morgan fingerprint density at radius 3 is 2.71 bits per heavy atom. The maximum atomic E-state index is 11.8. The van der Waals surface area contributed by atoms with E-state index in [-0.39, 0.29) is 41.9 Å². The third-order valence-electron chi connectivity index (χ3n) is 3.97. The van der Waals surface area contributed by atoms with Crippen molar-refractivity contribution in [2.45, 2.75) is 52.2 Å². The van der Waals surface area contributed by atoms with Gasteiger partial charge in [0.05, 0.1) is 11.8 Å². The summed E-state index contributed by atoms with van der Waals surface area (Å²) in [5, 5.41) is 0. The summed E-state index contributed by atoms with van der Waals surface area (Å²) in [5.41, 5.74) is 0. The van der Waals surface area contributed by atoms with Gasteiger partial charge >= 0.3 is 11.9 Å². The van der Waals surface area contributed by atoms with Crippen LogP contribution < -0.4 is 0 Å². The maximum Gasteiger partial charge on any atom is 0.309 e. The van der Waals surface area contributed by atoms with Gasteiger partial charge in [0, 0.05) is 6.42 Å². The molecule has 4 nitrogen and oxygen atoms in total. The first kappa shape index (κ1) is 12.4. The molecule has 0 spiro atoms. The summed E-state index contributed by atoms with van der Waals surface area (Å²) in [7, 11) is 0. The Morgan fingerprint density at radius 2 is 2.06 bits per heavy atom. The van der Waals surface area contributed by atoms with Gasteiger partial charge in [-0.15, -0.1) is 0 Å². The smallest absolute Gasteiger partial charge is 0.309 e. The van der Waals surface area contributed by atoms with Gasteiger partial charge in [0.1, 0.15) is 12.2 Å². The molecule has 2 aliphatic rings. The molecule has 0 aromatic heterocycles. The van der Waals surface area contributed by atoms with Crippen molar-refractivity contribution < 1.29 is 19.1 Å². The molecule has 4 heteroatoms. The summed E-state index contributed by atoms with van der Waals surface area (Å²) >= 11 is 0. The Morgan fingerprint density at radius 1 is 1.35 bits per heavy atom. The highest BCUT2D eigenvalue weighted by atomic mass is 16.6. The zero-order chi connectivity index (χ0) is 12.6. The number of rotatable bonds is 3. The number of hydrogen-bond acceptors (Lipinski definition) is 4. The molecule has 2 bridgehead atoms. The van der Waals surface area contributed by atoms with Crippen molar-refractivity contribution in [1.29, 1.82) is 0 Å². The van der Waals surface area contributed by atoms with Crippen molar-refractivity contribution in [2.75, 3.05) is 0 Å². The van der Waals surface area contributed by atoms with Crippen molar-refractivity contribution in [3.8, 4) is 0 Å². The van der Waals surface area contributed by atoms with Crippen LogP contribution in [0.4, 0.5) is 0 Å². The van der Waals surface area contributed by atoms with Crippen molar-refractivity contribution in [3.05, 3.63) is 0 Å². The first-order valence-corrected chi connectivity index (χ1v) is 6.40. The van der Waals surface area contributed by atoms with Crippen LogP contribution in [0.15, 0.2) is 0 Å². The average Bonchev–Trinajstić information content (AvgIpc) is 2.58. The van der Waals surface area contributed by atoms with E-state index in [1.54, 1.807) is 0 Å². The largest absolute Gasteiger partial charge is 0.458 e. The minimum absolute atomic E-state index is 0.0393. The topological polar surface area (TPSA) is 52.6 Å². The van der Waals surface area contributed by atoms with Crippen LogP contribution in [-0.4, -0.2) is 24.1 Å². The summed E-state index contributed by atoms with van der Waals surface area (Å²) in [6.45, 7) is 5.87. The third-order valence-corrected chi connectivity index (χ3v) is 3.97. The fourth-order valence-corrected chi connectivity index (χ4v) is 2.35. The molecule has 1 aliphatic heterocycles. The van der Waals surface area contributed by atoms with Crippen LogP contribution in [-0.2, 0) is 19.1 Å². The van der Waals surface area contributed by atoms with Crippen LogP contribution >= 0.6 is 0 Å². The lowest BCUT2D eigenvalue weighted by atomic mass is 9.88. The van der Waals surface area contributed by atoms with Gasteiger partial charge in [0.25, 0.3) is 0 Å². The van der Waals surface area contributed by atoms with E-state index in [0.29, 0.717) is 6.42 Å². The number of ether oxygens (including phenoxy) is 2. The summed E-state index contributed by atoms with van der Waals surface area (Å²) in [5.74, 6) is -0.0934. The van der Waals surface area contributed by atoms with Gasteiger partial charge < -0.3 is 9.47 Å². The number of esters is 2. The van der Waals surface area contributed by atoms with E-state index in [1.165, 1.54) is 0 Å². The zero-order valence-corrected chi connectivity index (χ0v) is 10.6. The van der Waals surface area contributed by atoms with Gasteiger partial charge in [-0.25, -0.2) is 0 Å². The molecule has 96 valence electrons. The number of carbonyl (C=O) groups excluding carboxylic acids is 2. The Labute approximate surface area is 102 Å². The number of carbonyl (C=O) groups is 2. The monoisotopic (exact) mass is 240 g/mol. The number of fused-ring (bicyclic) bond motifs is 2. The van der Waals surface area contributed by atoms with Crippen LogP contribution in [0.25, 0.3) is 0 Å². The Bertz CT molecular complexity index is 323. The van der Waals surface area contributed by atoms with Crippen molar-refractivity contribution >= 4 is 11.9 Å². The Kier molecular flexibility index (Phi) is 3.40. The van der Waals surface area contributed by atoms with Gasteiger partial charge in [0.2, 0.25) is 0 Å². The van der Waals surface area contributed by atoms with E-state index in [9.17, 15) is 9.59 Å². The van der Waals surface area contributed by atoms with Crippen LogP contribution in [0.2, 0.25) is 0 Å². The highest BCUT2D eigenvalue weighted by Gasteiger charge is 2.45. The van der Waals surface area contributed by atoms with E-state index >= 15 is 0 Å². The van der Waals surface area contributed by atoms with E-state index in [2.05, 4.69) is 0 Å². The minimum atomic E-state index is -0.230. The second kappa shape index (κ2) is 4.67. The van der Waals surface area contributed by atoms with Crippen LogP contribution in [0, 0.1) is 17.8 Å². The molecule has 0 amide bonds. The fraction of sp³-hybridized carbons (Fsp3) is 0.846. The predicted octanol–water partition coefficient (Wildman–Crippen LogP) is 1.92. The standard InChI is InChI=1S/C13H20O4/c1-7(2)8(3)12(14)16-10-5-4-9-6-11(10)17-13(9)15/h7-11H,4-6H2,1-3H3. The van der Waals surface area contributed by atoms with Crippen LogP contribution in [0.5, 0.6) is 0 Å². The SMILES string of the molecule is CC(C)C(C)C(=O)OC1CCC2CC1OC2=O. The van der Waals surface area contributed by atoms with Crippen LogP contribution in [0.3, 0.4) is 0 Å². The zero-order valence-electron chi connectivity index (χ0n) is 10.6. The predicted molar refractivity (Wildman–Crippen MR) is 61.1 cm³/mol. The lowest BCUT2D eigenvalue weighted by Crippen LogP contribution is -2.35. The normalized spacial score (nSPS) is 33.4. The van der Waals surface area contributed by atoms with E-state index < -0.39 is 0 Å². The van der Waals surface area contributed by atoms with Gasteiger partial charge in [-0.3, -0.25) is 9.59 Å². The molecule has 4 unspecified atom stereocenters. The van der Waals surface area contributed by atoms with Gasteiger partial charge in [-0.1, -0.05) is 20.8 Å². The molecule has 1 saturated carbocycles. The summed E-state index contributed by atoms with van der Waals surface area (Å²) < 4.78 is 10.7. The Hall–Kier alpha value is -1.06. The molecule has 1 aliphatic carbocycles. The van der Waals surface area contributed by atoms with E-state index in [4.69, 9.17) is 9.47 Å². The summed E-state index contributed by atoms with van der Waals surface area (Å²) in [4.78, 5) is 23.2. The molecule has 1 saturated heterocycles. The molecule has 0 N–H and O–H groups in total. The highest BCUT2D eigenvalue weighted by molar-refractivity contribution is 5.76. The molecule has 0 radical (unpaired) electrons. The molecule has 17 heavy (non-hydrogen) atoms. The molecule has 0 aromatic carbocycles. The second-order valence-corrected chi connectivity index (χ2v) is 5.49. The average molecular weight is 240 g/mol. The fourth-order valence-electron chi connectivity index (χ4n) is 2.35. The molecule has 0 aromatic rings. The van der Waals surface area contributed by atoms with Gasteiger partial charge in [0.15, 0.2) is 0 Å². The summed E-state index contributed by atoms with van der Waals surface area (Å²) in [6, 6.07) is 0. The summed E-state index contributed by atoms with van der Waals surface area (Å²) in [6.07, 6.45) is 1.81. The van der Waals surface area contributed by atoms with Gasteiger partial charge in [-0.05, 0) is 18.8 Å². The first-order chi connectivity index (χ1) is 7.99. The Balaban J connectivity index is 1.92. The van der Waals surface area contributed by atoms with Crippen molar-refractivity contribution in [3.63, 3.8) is 0 Å². The van der Waals surface area contributed by atoms with E-state index in [1.807, 2.05) is 20.8 Å². The lowest BCUT2D eigenvalue weighted by Gasteiger charge is -2.27. The van der Waals surface area contributed by atoms with Gasteiger partial charge in [-0.2, -0.15) is 0 Å². The van der Waals surface area contributed by atoms with Crippen LogP contribution in [0.1, 0.15) is 40.0 Å². The van der Waals surface area contributed by atoms with E-state index in [0.717, 1.165) is 12.8 Å².